The summed E-state index contributed by atoms with van der Waals surface area (Å²) in [5.74, 6) is -15.8. The van der Waals surface area contributed by atoms with Crippen molar-refractivity contribution in [2.24, 2.45) is 22.9 Å². The molecule has 9 atom stereocenters. The quantitative estimate of drug-likeness (QED) is 0.0181. The maximum atomic E-state index is 15.0. The van der Waals surface area contributed by atoms with Crippen LogP contribution in [0.1, 0.15) is 141 Å². The summed E-state index contributed by atoms with van der Waals surface area (Å²) >= 11 is 0. The molecule has 2 aromatic carbocycles. The number of nitrogens with two attached hydrogens (primary N) is 4. The van der Waals surface area contributed by atoms with Crippen LogP contribution in [-0.2, 0) is 94.3 Å². The lowest BCUT2D eigenvalue weighted by molar-refractivity contribution is -0.155. The number of carbonyl (C=O) groups is 16. The molecule has 2 aromatic rings. The van der Waals surface area contributed by atoms with Crippen LogP contribution in [0.4, 0.5) is 0 Å². The number of unbranched alkanes of at least 4 members (excludes halogenated alkanes) is 9. The molecule has 2 heterocycles. The van der Waals surface area contributed by atoms with E-state index in [-0.39, 0.29) is 57.4 Å². The van der Waals surface area contributed by atoms with Crippen molar-refractivity contribution in [1.82, 2.24) is 63.4 Å². The van der Waals surface area contributed by atoms with E-state index in [0.717, 1.165) is 52.2 Å². The zero-order valence-corrected chi connectivity index (χ0v) is 59.8. The molecular weight excluding hydrogens is 1380 g/mol. The lowest BCUT2D eigenvalue weighted by atomic mass is 10.0. The molecule has 34 nitrogen and oxygen atoms in total. The molecule has 36 heteroatoms. The number of esters is 1. The van der Waals surface area contributed by atoms with Crippen molar-refractivity contribution in [1.29, 1.82) is 0 Å². The number of carbonyl (C=O) groups excluding carboxylic acids is 16. The van der Waals surface area contributed by atoms with Crippen LogP contribution in [0.5, 0.6) is 5.75 Å². The third-order valence-corrected chi connectivity index (χ3v) is 18.8. The van der Waals surface area contributed by atoms with Crippen molar-refractivity contribution in [2.75, 3.05) is 50.8 Å². The fourth-order valence-electron chi connectivity index (χ4n) is 10.8. The molecule has 0 aromatic heterocycles. The predicted molar refractivity (Wildman–Crippen MR) is 379 cm³/mol. The first-order chi connectivity index (χ1) is 49.2. The van der Waals surface area contributed by atoms with Gasteiger partial charge in [0.05, 0.1) is 32.6 Å². The number of rotatable bonds is 38. The second-order valence-electron chi connectivity index (χ2n) is 24.9. The fraction of sp³-hybridized carbons (Fsp3) is 0.582. The topological polar surface area (TPSA) is 542 Å². The Balaban J connectivity index is 1.66. The van der Waals surface area contributed by atoms with Crippen molar-refractivity contribution >= 4 is 116 Å². The number of phenolic OH excluding ortho intramolecular Hbond substituents is 1. The van der Waals surface area contributed by atoms with Gasteiger partial charge in [0.1, 0.15) is 54.1 Å². The van der Waals surface area contributed by atoms with Crippen molar-refractivity contribution < 1.29 is 86.6 Å². The second kappa shape index (κ2) is 46.8. The highest BCUT2D eigenvalue weighted by Gasteiger charge is 2.41. The molecule has 0 aliphatic carbocycles. The maximum absolute atomic E-state index is 15.0. The minimum absolute atomic E-state index is 0.0561. The largest absolute Gasteiger partial charge is 0.508 e. The van der Waals surface area contributed by atoms with E-state index in [4.69, 9.17) is 27.7 Å². The molecule has 0 bridgehead atoms. The van der Waals surface area contributed by atoms with Gasteiger partial charge in [0.2, 0.25) is 82.7 Å². The van der Waals surface area contributed by atoms with E-state index in [9.17, 15) is 81.8 Å². The number of hydrogen-bond acceptors (Lipinski definition) is 21. The predicted octanol–water partition coefficient (Wildman–Crippen LogP) is -2.97. The Hall–Kier alpha value is -9.58. The lowest BCUT2D eigenvalue weighted by Crippen LogP contribution is -2.61. The molecule has 2 fully saturated rings. The summed E-state index contributed by atoms with van der Waals surface area (Å²) in [5, 5.41) is 37.3. The van der Waals surface area contributed by atoms with E-state index in [1.165, 1.54) is 56.9 Å². The first-order valence-corrected chi connectivity index (χ1v) is 37.0. The van der Waals surface area contributed by atoms with Crippen LogP contribution in [0.2, 0.25) is 0 Å². The molecule has 568 valence electrons. The third-order valence-electron chi connectivity index (χ3n) is 16.4. The summed E-state index contributed by atoms with van der Waals surface area (Å²) in [6.07, 6.45) is 6.93. The maximum Gasteiger partial charge on any atom is 0.306 e. The van der Waals surface area contributed by atoms with Gasteiger partial charge in [-0.05, 0) is 81.7 Å². The minimum atomic E-state index is -1.90. The number of aromatic hydroxyl groups is 1. The van der Waals surface area contributed by atoms with Gasteiger partial charge in [-0.2, -0.15) is 0 Å². The number of ether oxygens (including phenoxy) is 1. The van der Waals surface area contributed by atoms with E-state index in [1.54, 1.807) is 30.3 Å². The number of phenols is 1. The van der Waals surface area contributed by atoms with Gasteiger partial charge in [-0.25, -0.2) is 0 Å². The normalized spacial score (nSPS) is 19.7. The Morgan fingerprint density at radius 2 is 1.13 bits per heavy atom. The number of nitrogens with zero attached hydrogens (tertiary/aromatic N) is 1. The van der Waals surface area contributed by atoms with Crippen LogP contribution in [-0.4, -0.2) is 210 Å². The summed E-state index contributed by atoms with van der Waals surface area (Å²) < 4.78 is 5.23. The van der Waals surface area contributed by atoms with E-state index in [1.807, 2.05) is 0 Å². The van der Waals surface area contributed by atoms with E-state index >= 15 is 0 Å². The molecule has 0 saturated carbocycles. The lowest BCUT2D eigenvalue weighted by Gasteiger charge is -2.31. The summed E-state index contributed by atoms with van der Waals surface area (Å²) in [6.45, 7) is 1.00. The Bertz CT molecular complexity index is 3230. The zero-order chi connectivity index (χ0) is 75.8. The molecule has 0 radical (unpaired) electrons. The molecule has 0 spiro atoms. The van der Waals surface area contributed by atoms with Gasteiger partial charge in [0.15, 0.2) is 6.10 Å². The van der Waals surface area contributed by atoms with Gasteiger partial charge in [0.25, 0.3) is 5.91 Å². The van der Waals surface area contributed by atoms with Crippen LogP contribution < -0.4 is 81.4 Å². The highest BCUT2D eigenvalue weighted by molar-refractivity contribution is 8.76. The smallest absolute Gasteiger partial charge is 0.306 e. The number of amides is 15. The molecular formula is C67H100N16O18S2. The van der Waals surface area contributed by atoms with E-state index < -0.39 is 206 Å². The third kappa shape index (κ3) is 33.4. The number of hydrogen-bond donors (Lipinski definition) is 16. The van der Waals surface area contributed by atoms with Crippen LogP contribution in [0.25, 0.3) is 0 Å². The average Bonchev–Trinajstić information content (AvgIpc) is 1.75. The summed E-state index contributed by atoms with van der Waals surface area (Å²) in [4.78, 5) is 218. The average molecular weight is 1480 g/mol. The van der Waals surface area contributed by atoms with Crippen molar-refractivity contribution in [2.45, 2.75) is 197 Å². The zero-order valence-electron chi connectivity index (χ0n) is 58.2. The molecule has 2 saturated heterocycles. The number of likely N-dealkylation sites (tertiary alicyclic amines) is 1. The van der Waals surface area contributed by atoms with Crippen LogP contribution in [0.15, 0.2) is 54.6 Å². The molecule has 103 heavy (non-hydrogen) atoms. The van der Waals surface area contributed by atoms with Crippen molar-refractivity contribution in [3.05, 3.63) is 65.7 Å². The van der Waals surface area contributed by atoms with Gasteiger partial charge < -0.3 is 96.2 Å². The highest BCUT2D eigenvalue weighted by Crippen LogP contribution is 2.27. The molecule has 15 amide bonds. The summed E-state index contributed by atoms with van der Waals surface area (Å²) in [7, 11) is 1.68. The van der Waals surface area contributed by atoms with Crippen molar-refractivity contribution in [3.8, 4) is 5.75 Å². The Morgan fingerprint density at radius 1 is 0.583 bits per heavy atom. The van der Waals surface area contributed by atoms with Gasteiger partial charge in [-0.15, -0.1) is 0 Å². The minimum Gasteiger partial charge on any atom is -0.508 e. The SMILES string of the molecule is CCCCCCCCCCCC(=O)OC(C)C(=O)NCC(=O)NCC(=O)NCC(=O)N[C@H]1CSSC[C@@H](C(=O)N2CCC[C@H]2C(=O)N[C@@H](CCCCN)C(=O)NCC(N)=O)NC(=O)[C@H](CC(N)=O)NC(=O)[C@H](CCC(N)=O)NC(=O)[C@H](Cc2ccccc2)NC(=O)[C@H](Cc2ccc(O)cc2)NC1=O. The Kier molecular flexibility index (Phi) is 39.0. The van der Waals surface area contributed by atoms with Gasteiger partial charge >= 0.3 is 5.97 Å². The Labute approximate surface area is 605 Å². The van der Waals surface area contributed by atoms with Gasteiger partial charge in [-0.3, -0.25) is 76.7 Å². The number of primary amides is 3. The monoisotopic (exact) mass is 1480 g/mol. The van der Waals surface area contributed by atoms with Crippen molar-refractivity contribution in [3.63, 3.8) is 0 Å². The van der Waals surface area contributed by atoms with Gasteiger partial charge in [-0.1, -0.05) is 122 Å². The van der Waals surface area contributed by atoms with E-state index in [2.05, 4.69) is 65.4 Å². The molecule has 2 aliphatic heterocycles. The van der Waals surface area contributed by atoms with Crippen LogP contribution in [0.3, 0.4) is 0 Å². The standard InChI is InChI=1S/C67H100N16O18S2/c1-3-4-5-6-7-8-9-10-14-22-58(91)101-40(2)59(92)75-36-56(89)72-35-55(88)73-37-57(90)76-49-38-102-103-39-50(67(100)83-30-17-21-51(83)66(99)78-44(20-15-16-29-68)60(93)74-34-54(71)87)82-64(97)48(33-53(70)86)81-61(94)45(27-28-52(69)85)77-62(95)46(31-41-18-12-11-13-19-41)79-63(96)47(80-65(49)98)32-42-23-25-43(84)26-24-42/h11-13,18-19,23-26,40,44-51,84H,3-10,14-17,20-22,27-39,68H2,1-2H3,(H2,69,85)(H2,70,86)(H2,71,87)(H,72,89)(H,73,88)(H,74,93)(H,75,92)(H,76,90)(H,77,95)(H,78,99)(H,79,96)(H,80,98)(H,81,94)(H,82,97)/t40?,44-,45-,46-,47-,48-,49-,50-,51-/m0/s1. The van der Waals surface area contributed by atoms with Crippen LogP contribution >= 0.6 is 21.6 Å². The second-order valence-corrected chi connectivity index (χ2v) is 27.5. The highest BCUT2D eigenvalue weighted by atomic mass is 33.1. The van der Waals surface area contributed by atoms with Gasteiger partial charge in [0, 0.05) is 43.7 Å². The molecule has 2 aliphatic rings. The first-order valence-electron chi connectivity index (χ1n) is 34.5. The molecule has 4 rings (SSSR count). The summed E-state index contributed by atoms with van der Waals surface area (Å²) in [5.41, 5.74) is 22.9. The first kappa shape index (κ1) is 85.8. The molecule has 1 unspecified atom stereocenters. The fourth-order valence-corrected chi connectivity index (χ4v) is 13.1. The summed E-state index contributed by atoms with van der Waals surface area (Å²) in [6, 6.07) is 1.10. The number of benzene rings is 2. The molecule has 20 N–H and O–H groups in total. The van der Waals surface area contributed by atoms with E-state index in [0.29, 0.717) is 30.4 Å². The Morgan fingerprint density at radius 3 is 1.74 bits per heavy atom. The van der Waals surface area contributed by atoms with Crippen LogP contribution in [0, 0.1) is 0 Å². The number of nitrogens with one attached hydrogen (secondary N) is 11.